The molecule has 0 radical (unpaired) electrons. The van der Waals surface area contributed by atoms with Crippen molar-refractivity contribution < 1.29 is 9.53 Å². The summed E-state index contributed by atoms with van der Waals surface area (Å²) in [5.74, 6) is 0.465. The van der Waals surface area contributed by atoms with Crippen molar-refractivity contribution in [2.75, 3.05) is 23.3 Å². The van der Waals surface area contributed by atoms with Crippen molar-refractivity contribution in [3.63, 3.8) is 0 Å². The Bertz CT molecular complexity index is 1000. The largest absolute Gasteiger partial charge is 0.489 e. The summed E-state index contributed by atoms with van der Waals surface area (Å²) in [6, 6.07) is 22.9. The number of halogens is 1. The van der Waals surface area contributed by atoms with E-state index < -0.39 is 0 Å². The summed E-state index contributed by atoms with van der Waals surface area (Å²) in [5, 5.41) is 3.59. The van der Waals surface area contributed by atoms with Gasteiger partial charge in [0.2, 0.25) is 0 Å². The predicted molar refractivity (Wildman–Crippen MR) is 123 cm³/mol. The quantitative estimate of drug-likeness (QED) is 0.519. The standard InChI is InChI=1S/C25H25ClN2O2/c26-23-17-21(12-13-24(23)28-14-5-2-6-15-28)27-25(29)20-10-7-11-22(16-20)30-18-19-8-3-1-4-9-19/h1,3-4,7-13,16-17H,2,5-6,14-15,18H2,(H,27,29). The maximum absolute atomic E-state index is 12.7. The maximum atomic E-state index is 12.7. The van der Waals surface area contributed by atoms with E-state index in [0.717, 1.165) is 24.3 Å². The Hall–Kier alpha value is -2.98. The van der Waals surface area contributed by atoms with Crippen LogP contribution in [0.4, 0.5) is 11.4 Å². The lowest BCUT2D eigenvalue weighted by Crippen LogP contribution is -2.29. The van der Waals surface area contributed by atoms with Crippen molar-refractivity contribution in [2.45, 2.75) is 25.9 Å². The summed E-state index contributed by atoms with van der Waals surface area (Å²) < 4.78 is 5.83. The SMILES string of the molecule is O=C(Nc1ccc(N2CCCCC2)c(Cl)c1)c1cccc(OCc2ccccc2)c1. The lowest BCUT2D eigenvalue weighted by atomic mass is 10.1. The van der Waals surface area contributed by atoms with E-state index in [2.05, 4.69) is 10.2 Å². The van der Waals surface area contributed by atoms with Crippen LogP contribution in [-0.4, -0.2) is 19.0 Å². The molecule has 1 amide bonds. The normalized spacial score (nSPS) is 13.7. The first kappa shape index (κ1) is 20.3. The zero-order valence-electron chi connectivity index (χ0n) is 16.8. The highest BCUT2D eigenvalue weighted by Gasteiger charge is 2.15. The van der Waals surface area contributed by atoms with Gasteiger partial charge in [0.1, 0.15) is 12.4 Å². The number of nitrogens with one attached hydrogen (secondary N) is 1. The molecule has 1 heterocycles. The van der Waals surface area contributed by atoms with E-state index in [1.54, 1.807) is 12.1 Å². The van der Waals surface area contributed by atoms with Gasteiger partial charge in [-0.2, -0.15) is 0 Å². The molecule has 154 valence electrons. The van der Waals surface area contributed by atoms with Crippen molar-refractivity contribution in [2.24, 2.45) is 0 Å². The van der Waals surface area contributed by atoms with Crippen LogP contribution in [0.1, 0.15) is 35.2 Å². The molecule has 1 saturated heterocycles. The third-order valence-corrected chi connectivity index (χ3v) is 5.55. The molecule has 1 N–H and O–H groups in total. The fraction of sp³-hybridized carbons (Fsp3) is 0.240. The van der Waals surface area contributed by atoms with Crippen molar-refractivity contribution in [1.29, 1.82) is 0 Å². The number of hydrogen-bond acceptors (Lipinski definition) is 3. The van der Waals surface area contributed by atoms with Crippen LogP contribution in [0.15, 0.2) is 72.8 Å². The molecular weight excluding hydrogens is 396 g/mol. The minimum absolute atomic E-state index is 0.193. The number of carbonyl (C=O) groups excluding carboxylic acids is 1. The van der Waals surface area contributed by atoms with Crippen LogP contribution in [0.25, 0.3) is 0 Å². The van der Waals surface area contributed by atoms with Gasteiger partial charge in [-0.3, -0.25) is 4.79 Å². The van der Waals surface area contributed by atoms with E-state index in [1.165, 1.54) is 19.3 Å². The first-order valence-corrected chi connectivity index (χ1v) is 10.7. The number of hydrogen-bond donors (Lipinski definition) is 1. The number of rotatable bonds is 6. The van der Waals surface area contributed by atoms with Gasteiger partial charge in [-0.1, -0.05) is 48.0 Å². The van der Waals surface area contributed by atoms with Crippen molar-refractivity contribution in [3.05, 3.63) is 88.9 Å². The second kappa shape index (κ2) is 9.68. The van der Waals surface area contributed by atoms with Crippen LogP contribution in [0.3, 0.4) is 0 Å². The summed E-state index contributed by atoms with van der Waals surface area (Å²) in [6.45, 7) is 2.52. The van der Waals surface area contributed by atoms with E-state index in [4.69, 9.17) is 16.3 Å². The molecule has 3 aromatic rings. The number of anilines is 2. The number of benzene rings is 3. The Morgan fingerprint density at radius 2 is 1.73 bits per heavy atom. The molecule has 1 aliphatic heterocycles. The smallest absolute Gasteiger partial charge is 0.255 e. The van der Waals surface area contributed by atoms with Gasteiger partial charge in [0.15, 0.2) is 0 Å². The van der Waals surface area contributed by atoms with Crippen LogP contribution in [0.2, 0.25) is 5.02 Å². The van der Waals surface area contributed by atoms with Gasteiger partial charge in [-0.05, 0) is 61.2 Å². The highest BCUT2D eigenvalue weighted by Crippen LogP contribution is 2.31. The highest BCUT2D eigenvalue weighted by atomic mass is 35.5. The second-order valence-electron chi connectivity index (χ2n) is 7.47. The number of piperidine rings is 1. The van der Waals surface area contributed by atoms with Gasteiger partial charge < -0.3 is 15.0 Å². The number of nitrogens with zero attached hydrogens (tertiary/aromatic N) is 1. The van der Waals surface area contributed by atoms with Crippen molar-refractivity contribution in [1.82, 2.24) is 0 Å². The van der Waals surface area contributed by atoms with E-state index in [9.17, 15) is 4.79 Å². The third-order valence-electron chi connectivity index (χ3n) is 5.25. The Kier molecular flexibility index (Phi) is 6.55. The first-order chi connectivity index (χ1) is 14.7. The van der Waals surface area contributed by atoms with Crippen LogP contribution in [-0.2, 0) is 6.61 Å². The molecule has 0 aromatic heterocycles. The van der Waals surface area contributed by atoms with E-state index in [0.29, 0.717) is 28.6 Å². The molecule has 3 aromatic carbocycles. The lowest BCUT2D eigenvalue weighted by Gasteiger charge is -2.29. The van der Waals surface area contributed by atoms with Gasteiger partial charge in [-0.25, -0.2) is 0 Å². The number of carbonyl (C=O) groups is 1. The molecule has 0 saturated carbocycles. The maximum Gasteiger partial charge on any atom is 0.255 e. The van der Waals surface area contributed by atoms with Gasteiger partial charge in [0.25, 0.3) is 5.91 Å². The summed E-state index contributed by atoms with van der Waals surface area (Å²) in [5.41, 5.74) is 3.33. The van der Waals surface area contributed by atoms with Crippen LogP contribution >= 0.6 is 11.6 Å². The molecule has 0 atom stereocenters. The lowest BCUT2D eigenvalue weighted by molar-refractivity contribution is 0.102. The zero-order valence-corrected chi connectivity index (χ0v) is 17.6. The third kappa shape index (κ3) is 5.14. The Morgan fingerprint density at radius 3 is 2.50 bits per heavy atom. The highest BCUT2D eigenvalue weighted by molar-refractivity contribution is 6.33. The average molecular weight is 421 g/mol. The molecule has 1 aliphatic rings. The van der Waals surface area contributed by atoms with Gasteiger partial charge in [-0.15, -0.1) is 0 Å². The fourth-order valence-electron chi connectivity index (χ4n) is 3.65. The molecule has 30 heavy (non-hydrogen) atoms. The molecule has 4 rings (SSSR count). The van der Waals surface area contributed by atoms with Crippen LogP contribution in [0, 0.1) is 0 Å². The monoisotopic (exact) mass is 420 g/mol. The summed E-state index contributed by atoms with van der Waals surface area (Å²) in [4.78, 5) is 15.0. The van der Waals surface area contributed by atoms with Crippen LogP contribution < -0.4 is 15.0 Å². The van der Waals surface area contributed by atoms with Gasteiger partial charge in [0, 0.05) is 24.3 Å². The van der Waals surface area contributed by atoms with E-state index >= 15 is 0 Å². The second-order valence-corrected chi connectivity index (χ2v) is 7.88. The van der Waals surface area contributed by atoms with E-state index in [1.807, 2.05) is 60.7 Å². The number of amides is 1. The fourth-order valence-corrected chi connectivity index (χ4v) is 3.95. The zero-order chi connectivity index (χ0) is 20.8. The molecular formula is C25H25ClN2O2. The molecule has 0 spiro atoms. The minimum atomic E-state index is -0.193. The Labute approximate surface area is 182 Å². The van der Waals surface area contributed by atoms with E-state index in [-0.39, 0.29) is 5.91 Å². The predicted octanol–water partition coefficient (Wildman–Crippen LogP) is 6.16. The number of ether oxygens (including phenoxy) is 1. The van der Waals surface area contributed by atoms with Crippen molar-refractivity contribution in [3.8, 4) is 5.75 Å². The summed E-state index contributed by atoms with van der Waals surface area (Å²) >= 11 is 6.50. The molecule has 4 nitrogen and oxygen atoms in total. The molecule has 0 aliphatic carbocycles. The van der Waals surface area contributed by atoms with Crippen molar-refractivity contribution >= 4 is 28.9 Å². The Balaban J connectivity index is 1.40. The Morgan fingerprint density at radius 1 is 0.933 bits per heavy atom. The summed E-state index contributed by atoms with van der Waals surface area (Å²) in [6.07, 6.45) is 3.66. The molecule has 1 fully saturated rings. The summed E-state index contributed by atoms with van der Waals surface area (Å²) in [7, 11) is 0. The molecule has 5 heteroatoms. The first-order valence-electron chi connectivity index (χ1n) is 10.3. The minimum Gasteiger partial charge on any atom is -0.489 e. The molecule has 0 bridgehead atoms. The van der Waals surface area contributed by atoms with Gasteiger partial charge >= 0.3 is 0 Å². The average Bonchev–Trinajstić information content (AvgIpc) is 2.79. The van der Waals surface area contributed by atoms with Gasteiger partial charge in [0.05, 0.1) is 10.7 Å². The molecule has 0 unspecified atom stereocenters. The van der Waals surface area contributed by atoms with Crippen LogP contribution in [0.5, 0.6) is 5.75 Å². The topological polar surface area (TPSA) is 41.6 Å².